The third-order valence-corrected chi connectivity index (χ3v) is 1.65. The van der Waals surface area contributed by atoms with Crippen LogP contribution in [0.2, 0.25) is 0 Å². The molecular weight excluding hydrogens is 200 g/mol. The van der Waals surface area contributed by atoms with E-state index in [4.69, 9.17) is 9.94 Å². The molecule has 0 aromatic heterocycles. The van der Waals surface area contributed by atoms with Crippen molar-refractivity contribution in [2.24, 2.45) is 5.28 Å². The minimum absolute atomic E-state index is 0.0149. The molecule has 0 spiro atoms. The van der Waals surface area contributed by atoms with Gasteiger partial charge in [0.2, 0.25) is 6.54 Å². The Bertz CT molecular complexity index is 315. The highest BCUT2D eigenvalue weighted by Crippen LogP contribution is 2.08. The monoisotopic (exact) mass is 212 g/mol. The maximum Gasteiger partial charge on any atom is 0.213 e. The Hall–Kier alpha value is -1.82. The van der Waals surface area contributed by atoms with Crippen molar-refractivity contribution in [1.82, 2.24) is 0 Å². The van der Waals surface area contributed by atoms with Gasteiger partial charge in [0.15, 0.2) is 11.4 Å². The number of hydrogen-bond acceptors (Lipinski definition) is 4. The van der Waals surface area contributed by atoms with E-state index in [1.54, 1.807) is 24.3 Å². The van der Waals surface area contributed by atoms with Gasteiger partial charge in [-0.1, -0.05) is 23.1 Å². The van der Waals surface area contributed by atoms with Crippen molar-refractivity contribution in [1.29, 1.82) is 0 Å². The Morgan fingerprint density at radius 2 is 2.07 bits per heavy atom. The molecule has 0 unspecified atom stereocenters. The Labute approximate surface area is 86.6 Å². The van der Waals surface area contributed by atoms with Crippen molar-refractivity contribution in [3.05, 3.63) is 35.5 Å². The fraction of sp³-hybridized carbons (Fsp3) is 0.333. The molecule has 82 valence electrons. The second-order valence-corrected chi connectivity index (χ2v) is 2.90. The molecule has 0 fully saturated rings. The number of rotatable bonds is 5. The number of ether oxygens (including phenoxy) is 1. The van der Waals surface area contributed by atoms with E-state index in [2.05, 4.69) is 5.28 Å². The van der Waals surface area contributed by atoms with Gasteiger partial charge in [0.25, 0.3) is 0 Å². The third-order valence-electron chi connectivity index (χ3n) is 1.65. The molecule has 0 aliphatic heterocycles. The van der Waals surface area contributed by atoms with Crippen molar-refractivity contribution < 1.29 is 19.9 Å². The summed E-state index contributed by atoms with van der Waals surface area (Å²) in [6.45, 7) is -0.360. The smallest absolute Gasteiger partial charge is 0.213 e. The van der Waals surface area contributed by atoms with E-state index in [0.717, 1.165) is 0 Å². The first kappa shape index (κ1) is 11.3. The van der Waals surface area contributed by atoms with Crippen molar-refractivity contribution in [3.63, 3.8) is 0 Å². The number of nitrogens with zero attached hydrogens (tertiary/aromatic N) is 2. The molecule has 1 rings (SSSR count). The molecule has 0 saturated heterocycles. The second-order valence-electron chi connectivity index (χ2n) is 2.90. The van der Waals surface area contributed by atoms with Gasteiger partial charge in [-0.05, 0) is 12.1 Å². The molecule has 1 atom stereocenters. The van der Waals surface area contributed by atoms with Gasteiger partial charge in [0, 0.05) is 0 Å². The Balaban J connectivity index is 2.31. The van der Waals surface area contributed by atoms with Crippen molar-refractivity contribution >= 4 is 0 Å². The quantitative estimate of drug-likeness (QED) is 0.429. The lowest BCUT2D eigenvalue weighted by molar-refractivity contribution is -0.563. The van der Waals surface area contributed by atoms with Crippen molar-refractivity contribution in [2.45, 2.75) is 6.10 Å². The van der Waals surface area contributed by atoms with Gasteiger partial charge < -0.3 is 20.3 Å². The van der Waals surface area contributed by atoms with Gasteiger partial charge in [0.05, 0.1) is 0 Å². The lowest BCUT2D eigenvalue weighted by Gasteiger charge is -2.09. The summed E-state index contributed by atoms with van der Waals surface area (Å²) in [5, 5.41) is 30.2. The number of para-hydroxylation sites is 1. The van der Waals surface area contributed by atoms with Gasteiger partial charge >= 0.3 is 0 Å². The van der Waals surface area contributed by atoms with E-state index < -0.39 is 6.10 Å². The molecule has 0 aliphatic rings. The number of aliphatic hydroxyl groups is 1. The van der Waals surface area contributed by atoms with Gasteiger partial charge in [-0.25, -0.2) is 0 Å². The van der Waals surface area contributed by atoms with Gasteiger partial charge in [0.1, 0.15) is 12.4 Å². The SMILES string of the molecule is [O-][N+](C[C@@H](O)COc1ccccc1)=NO. The van der Waals surface area contributed by atoms with E-state index >= 15 is 0 Å². The van der Waals surface area contributed by atoms with Gasteiger partial charge in [-0.2, -0.15) is 0 Å². The summed E-state index contributed by atoms with van der Waals surface area (Å²) in [6, 6.07) is 8.90. The molecule has 0 saturated carbocycles. The molecule has 0 radical (unpaired) electrons. The normalized spacial score (nSPS) is 13.5. The Morgan fingerprint density at radius 3 is 2.67 bits per heavy atom. The van der Waals surface area contributed by atoms with Crippen LogP contribution < -0.4 is 4.74 Å². The third kappa shape index (κ3) is 4.28. The Morgan fingerprint density at radius 1 is 1.40 bits per heavy atom. The summed E-state index contributed by atoms with van der Waals surface area (Å²) in [7, 11) is 0. The molecule has 6 nitrogen and oxygen atoms in total. The first-order chi connectivity index (χ1) is 7.22. The molecule has 1 aromatic rings. The summed E-state index contributed by atoms with van der Waals surface area (Å²) >= 11 is 0. The van der Waals surface area contributed by atoms with E-state index in [0.29, 0.717) is 5.75 Å². The maximum atomic E-state index is 10.5. The topological polar surface area (TPSA) is 88.1 Å². The zero-order chi connectivity index (χ0) is 11.1. The van der Waals surface area contributed by atoms with Crippen LogP contribution in [0.1, 0.15) is 0 Å². The standard InChI is InChI=1S/C9H12N2O4/c12-8(6-11(14)10-13)7-15-9-4-2-1-3-5-9/h1-5,8,12-13H,6-7H2/t8-/m1/s1. The average Bonchev–Trinajstić information content (AvgIpc) is 2.27. The van der Waals surface area contributed by atoms with Gasteiger partial charge in [-0.3, -0.25) is 0 Å². The van der Waals surface area contributed by atoms with E-state index in [-0.39, 0.29) is 18.0 Å². The summed E-state index contributed by atoms with van der Waals surface area (Å²) < 4.78 is 5.17. The van der Waals surface area contributed by atoms with Crippen LogP contribution in [0.15, 0.2) is 35.6 Å². The fourth-order valence-electron chi connectivity index (χ4n) is 0.979. The molecule has 2 N–H and O–H groups in total. The Kier molecular flexibility index (Phi) is 4.36. The first-order valence-electron chi connectivity index (χ1n) is 4.38. The maximum absolute atomic E-state index is 10.5. The summed E-state index contributed by atoms with van der Waals surface area (Å²) in [5.41, 5.74) is 0. The van der Waals surface area contributed by atoms with Crippen LogP contribution in [0.3, 0.4) is 0 Å². The van der Waals surface area contributed by atoms with Crippen LogP contribution in [-0.4, -0.2) is 34.4 Å². The number of hydroxylamine groups is 1. The zero-order valence-corrected chi connectivity index (χ0v) is 7.98. The largest absolute Gasteiger partial charge is 0.597 e. The van der Waals surface area contributed by atoms with Crippen LogP contribution in [0.25, 0.3) is 0 Å². The van der Waals surface area contributed by atoms with Crippen LogP contribution in [0.5, 0.6) is 5.75 Å². The highest BCUT2D eigenvalue weighted by Gasteiger charge is 2.11. The number of benzene rings is 1. The van der Waals surface area contributed by atoms with Gasteiger partial charge in [-0.15, -0.1) is 0 Å². The summed E-state index contributed by atoms with van der Waals surface area (Å²) in [6.07, 6.45) is -1.00. The minimum Gasteiger partial charge on any atom is -0.597 e. The lowest BCUT2D eigenvalue weighted by Crippen LogP contribution is -2.26. The van der Waals surface area contributed by atoms with E-state index in [1.165, 1.54) is 0 Å². The fourth-order valence-corrected chi connectivity index (χ4v) is 0.979. The molecular formula is C9H12N2O4. The zero-order valence-electron chi connectivity index (χ0n) is 7.98. The molecule has 0 amide bonds. The molecule has 6 heteroatoms. The lowest BCUT2D eigenvalue weighted by atomic mass is 10.3. The first-order valence-corrected chi connectivity index (χ1v) is 4.38. The number of aliphatic hydroxyl groups excluding tert-OH is 1. The highest BCUT2D eigenvalue weighted by molar-refractivity contribution is 5.20. The molecule has 0 aliphatic carbocycles. The van der Waals surface area contributed by atoms with E-state index in [1.807, 2.05) is 6.07 Å². The summed E-state index contributed by atoms with van der Waals surface area (Å²) in [5.74, 6) is 0.606. The number of hydrogen-bond donors (Lipinski definition) is 2. The van der Waals surface area contributed by atoms with Crippen LogP contribution in [0.4, 0.5) is 0 Å². The van der Waals surface area contributed by atoms with Crippen LogP contribution >= 0.6 is 0 Å². The van der Waals surface area contributed by atoms with Crippen LogP contribution in [-0.2, 0) is 0 Å². The second kappa shape index (κ2) is 5.82. The average molecular weight is 212 g/mol. The highest BCUT2D eigenvalue weighted by atomic mass is 16.6. The minimum atomic E-state index is -1.00. The van der Waals surface area contributed by atoms with E-state index in [9.17, 15) is 10.3 Å². The molecule has 15 heavy (non-hydrogen) atoms. The predicted octanol–water partition coefficient (Wildman–Crippen LogP) is 0.778. The summed E-state index contributed by atoms with van der Waals surface area (Å²) in [4.78, 5) is -0.0149. The molecule has 1 aromatic carbocycles. The van der Waals surface area contributed by atoms with Crippen LogP contribution in [0, 0.1) is 5.21 Å². The van der Waals surface area contributed by atoms with Crippen molar-refractivity contribution in [3.8, 4) is 5.75 Å². The molecule has 0 bridgehead atoms. The van der Waals surface area contributed by atoms with Crippen molar-refractivity contribution in [2.75, 3.05) is 13.2 Å². The molecule has 0 heterocycles. The predicted molar refractivity (Wildman–Crippen MR) is 50.7 cm³/mol.